The first-order chi connectivity index (χ1) is 17.7. The Morgan fingerprint density at radius 1 is 0.868 bits per heavy atom. The second-order valence-electron chi connectivity index (χ2n) is 8.83. The van der Waals surface area contributed by atoms with Crippen LogP contribution >= 0.6 is 12.4 Å². The number of halogens is 2. The molecular formula is C28H27ClFN3O5. The number of allylic oxidation sites excluding steroid dienone is 1. The van der Waals surface area contributed by atoms with Crippen LogP contribution in [0.1, 0.15) is 32.7 Å². The third kappa shape index (κ3) is 5.17. The van der Waals surface area contributed by atoms with Gasteiger partial charge in [-0.05, 0) is 50.0 Å². The summed E-state index contributed by atoms with van der Waals surface area (Å²) in [6.45, 7) is -0.401. The first-order valence-corrected chi connectivity index (χ1v) is 11.5. The van der Waals surface area contributed by atoms with Crippen LogP contribution in [-0.4, -0.2) is 53.4 Å². The van der Waals surface area contributed by atoms with E-state index < -0.39 is 35.5 Å². The van der Waals surface area contributed by atoms with E-state index in [0.29, 0.717) is 11.4 Å². The number of benzene rings is 3. The lowest BCUT2D eigenvalue weighted by atomic mass is 9.83. The van der Waals surface area contributed by atoms with Gasteiger partial charge in [0.2, 0.25) is 11.6 Å². The Morgan fingerprint density at radius 3 is 1.92 bits per heavy atom. The highest BCUT2D eigenvalue weighted by Gasteiger charge is 2.43. The zero-order valence-electron chi connectivity index (χ0n) is 20.7. The summed E-state index contributed by atoms with van der Waals surface area (Å²) in [5.41, 5.74) is -0.233. The topological polar surface area (TPSA) is 119 Å². The van der Waals surface area contributed by atoms with Gasteiger partial charge in [0, 0.05) is 24.2 Å². The Hall–Kier alpha value is -4.05. The lowest BCUT2D eigenvalue weighted by Crippen LogP contribution is -2.49. The Kier molecular flexibility index (Phi) is 8.67. The molecule has 1 unspecified atom stereocenters. The van der Waals surface area contributed by atoms with Crippen LogP contribution in [0.4, 0.5) is 15.8 Å². The molecule has 0 saturated heterocycles. The van der Waals surface area contributed by atoms with Crippen molar-refractivity contribution in [3.05, 3.63) is 107 Å². The Bertz CT molecular complexity index is 1400. The number of para-hydroxylation sites is 2. The number of anilines is 2. The van der Waals surface area contributed by atoms with E-state index in [2.05, 4.69) is 10.6 Å². The molecule has 38 heavy (non-hydrogen) atoms. The van der Waals surface area contributed by atoms with Gasteiger partial charge in [-0.15, -0.1) is 12.4 Å². The fourth-order valence-corrected chi connectivity index (χ4v) is 4.50. The molecule has 4 rings (SSSR count). The van der Waals surface area contributed by atoms with Crippen molar-refractivity contribution in [3.8, 4) is 0 Å². The van der Waals surface area contributed by atoms with Crippen LogP contribution in [0, 0.1) is 5.82 Å². The fourth-order valence-electron chi connectivity index (χ4n) is 4.50. The molecule has 0 fully saturated rings. The quantitative estimate of drug-likeness (QED) is 0.138. The molecule has 1 atom stereocenters. The number of hydrogen-bond donors (Lipinski definition) is 4. The van der Waals surface area contributed by atoms with Gasteiger partial charge in [-0.1, -0.05) is 42.5 Å². The molecular weight excluding hydrogens is 513 g/mol. The number of nitrogens with zero attached hydrogens (tertiary/aromatic N) is 1. The Balaban J connectivity index is 0.00000400. The third-order valence-electron chi connectivity index (χ3n) is 6.43. The summed E-state index contributed by atoms with van der Waals surface area (Å²) in [7, 11) is 3.14. The maximum atomic E-state index is 14.0. The normalized spacial score (nSPS) is 13.4. The van der Waals surface area contributed by atoms with Crippen LogP contribution in [0.5, 0.6) is 0 Å². The van der Waals surface area contributed by atoms with Gasteiger partial charge in [0.25, 0.3) is 0 Å². The SMILES string of the molecule is CN(C)C(CCO)(C(=O)O)c1cccc(C(=O)C(C(=O)c2cccc(F)c2)=C2Nc3ccccc3N2)c1.Cl. The monoisotopic (exact) mass is 539 g/mol. The van der Waals surface area contributed by atoms with Crippen molar-refractivity contribution in [1.29, 1.82) is 0 Å². The van der Waals surface area contributed by atoms with E-state index in [1.165, 1.54) is 41.3 Å². The number of rotatable bonds is 9. The summed E-state index contributed by atoms with van der Waals surface area (Å²) < 4.78 is 14.0. The van der Waals surface area contributed by atoms with Crippen LogP contribution < -0.4 is 10.6 Å². The predicted molar refractivity (Wildman–Crippen MR) is 144 cm³/mol. The summed E-state index contributed by atoms with van der Waals surface area (Å²) in [5.74, 6) is -3.06. The number of hydrogen-bond acceptors (Lipinski definition) is 7. The van der Waals surface area contributed by atoms with E-state index in [1.54, 1.807) is 44.4 Å². The summed E-state index contributed by atoms with van der Waals surface area (Å²) in [6, 6.07) is 18.2. The maximum absolute atomic E-state index is 14.0. The minimum Gasteiger partial charge on any atom is -0.480 e. The van der Waals surface area contributed by atoms with Crippen LogP contribution in [0.25, 0.3) is 0 Å². The van der Waals surface area contributed by atoms with Crippen molar-refractivity contribution in [2.45, 2.75) is 12.0 Å². The van der Waals surface area contributed by atoms with Gasteiger partial charge >= 0.3 is 5.97 Å². The van der Waals surface area contributed by atoms with Crippen LogP contribution in [0.2, 0.25) is 0 Å². The standard InChI is InChI=1S/C28H26FN3O5.ClH/c1-32(2)28(13-14-33,27(36)37)19-9-5-7-17(15-19)24(34)23(25(35)18-8-6-10-20(29)16-18)26-30-21-11-3-4-12-22(21)31-26;/h3-12,15-16,30-31,33H,13-14H2,1-2H3,(H,36,37);1H. The molecule has 0 spiro atoms. The van der Waals surface area contributed by atoms with E-state index in [4.69, 9.17) is 0 Å². The lowest BCUT2D eigenvalue weighted by molar-refractivity contribution is -0.152. The number of carbonyl (C=O) groups excluding carboxylic acids is 2. The van der Waals surface area contributed by atoms with Crippen molar-refractivity contribution in [1.82, 2.24) is 4.90 Å². The second-order valence-corrected chi connectivity index (χ2v) is 8.83. The molecule has 1 aliphatic heterocycles. The van der Waals surface area contributed by atoms with Crippen molar-refractivity contribution >= 4 is 41.3 Å². The van der Waals surface area contributed by atoms with E-state index in [9.17, 15) is 29.0 Å². The first-order valence-electron chi connectivity index (χ1n) is 11.5. The van der Waals surface area contributed by atoms with Crippen molar-refractivity contribution in [3.63, 3.8) is 0 Å². The number of carbonyl (C=O) groups is 3. The summed E-state index contributed by atoms with van der Waals surface area (Å²) in [6.07, 6.45) is -0.123. The van der Waals surface area contributed by atoms with E-state index in [-0.39, 0.29) is 46.9 Å². The van der Waals surface area contributed by atoms with Gasteiger partial charge in [0.05, 0.1) is 11.4 Å². The highest BCUT2D eigenvalue weighted by Crippen LogP contribution is 2.34. The highest BCUT2D eigenvalue weighted by molar-refractivity contribution is 6.32. The second kappa shape index (κ2) is 11.6. The Labute approximate surface area is 225 Å². The molecule has 0 saturated carbocycles. The van der Waals surface area contributed by atoms with E-state index in [0.717, 1.165) is 6.07 Å². The molecule has 1 heterocycles. The molecule has 0 bridgehead atoms. The molecule has 0 radical (unpaired) electrons. The first kappa shape index (κ1) is 28.5. The number of likely N-dealkylation sites (N-methyl/N-ethyl adjacent to an activating group) is 1. The number of aliphatic carboxylic acids is 1. The number of aliphatic hydroxyl groups excluding tert-OH is 1. The van der Waals surface area contributed by atoms with Gasteiger partial charge < -0.3 is 20.8 Å². The van der Waals surface area contributed by atoms with Crippen molar-refractivity contribution in [2.75, 3.05) is 31.3 Å². The molecule has 1 aliphatic rings. The number of carboxylic acids is 1. The fraction of sp³-hybridized carbons (Fsp3) is 0.179. The number of nitrogens with one attached hydrogen (secondary N) is 2. The minimum atomic E-state index is -1.61. The zero-order chi connectivity index (χ0) is 26.7. The van der Waals surface area contributed by atoms with Gasteiger partial charge in [0.15, 0.2) is 0 Å². The molecule has 0 aliphatic carbocycles. The number of Topliss-reactive ketones (excluding diaryl/α,β-unsaturated/α-hetero) is 2. The van der Waals surface area contributed by atoms with Crippen LogP contribution in [-0.2, 0) is 10.3 Å². The summed E-state index contributed by atoms with van der Waals surface area (Å²) in [4.78, 5) is 41.3. The molecule has 3 aromatic rings. The zero-order valence-corrected chi connectivity index (χ0v) is 21.5. The van der Waals surface area contributed by atoms with Crippen LogP contribution in [0.15, 0.2) is 84.2 Å². The van der Waals surface area contributed by atoms with Crippen molar-refractivity contribution in [2.24, 2.45) is 0 Å². The molecule has 0 aromatic heterocycles. The smallest absolute Gasteiger partial charge is 0.328 e. The molecule has 10 heteroatoms. The predicted octanol–water partition coefficient (Wildman–Crippen LogP) is 4.29. The highest BCUT2D eigenvalue weighted by atomic mass is 35.5. The molecule has 4 N–H and O–H groups in total. The van der Waals surface area contributed by atoms with E-state index in [1.807, 2.05) is 0 Å². The molecule has 8 nitrogen and oxygen atoms in total. The average molecular weight is 540 g/mol. The number of carboxylic acid groups (broad SMARTS) is 1. The molecule has 198 valence electrons. The number of aliphatic hydroxyl groups is 1. The minimum absolute atomic E-state index is 0. The molecule has 3 aromatic carbocycles. The van der Waals surface area contributed by atoms with Crippen LogP contribution in [0.3, 0.4) is 0 Å². The average Bonchev–Trinajstić information content (AvgIpc) is 3.30. The van der Waals surface area contributed by atoms with Gasteiger partial charge in [-0.25, -0.2) is 9.18 Å². The Morgan fingerprint density at radius 2 is 1.42 bits per heavy atom. The van der Waals surface area contributed by atoms with Gasteiger partial charge in [-0.2, -0.15) is 0 Å². The summed E-state index contributed by atoms with van der Waals surface area (Å²) in [5, 5.41) is 25.8. The van der Waals surface area contributed by atoms with E-state index >= 15 is 0 Å². The lowest BCUT2D eigenvalue weighted by Gasteiger charge is -2.36. The van der Waals surface area contributed by atoms with Crippen molar-refractivity contribution < 1.29 is 29.0 Å². The summed E-state index contributed by atoms with van der Waals surface area (Å²) >= 11 is 0. The molecule has 0 amide bonds. The number of ketones is 2. The van der Waals surface area contributed by atoms with Gasteiger partial charge in [0.1, 0.15) is 22.8 Å². The maximum Gasteiger partial charge on any atom is 0.328 e. The number of fused-ring (bicyclic) bond motifs is 1. The van der Waals surface area contributed by atoms with Gasteiger partial charge in [-0.3, -0.25) is 14.5 Å². The largest absolute Gasteiger partial charge is 0.480 e. The third-order valence-corrected chi connectivity index (χ3v) is 6.43.